The van der Waals surface area contributed by atoms with Gasteiger partial charge in [0.2, 0.25) is 0 Å². The number of alkyl halides is 1. The van der Waals surface area contributed by atoms with Gasteiger partial charge >= 0.3 is 0 Å². The van der Waals surface area contributed by atoms with Crippen LogP contribution in [-0.4, -0.2) is 43.8 Å². The maximum absolute atomic E-state index is 15.5. The molecule has 1 aliphatic rings. The molecule has 140 valence electrons. The van der Waals surface area contributed by atoms with E-state index in [1.165, 1.54) is 17.5 Å². The molecule has 0 bridgehead atoms. The first kappa shape index (κ1) is 17.8. The van der Waals surface area contributed by atoms with Crippen molar-refractivity contribution in [2.75, 3.05) is 6.54 Å². The fourth-order valence-electron chi connectivity index (χ4n) is 3.62. The van der Waals surface area contributed by atoms with E-state index in [9.17, 15) is 4.79 Å². The number of halogens is 1. The lowest BCUT2D eigenvalue weighted by molar-refractivity contribution is 0.0114. The van der Waals surface area contributed by atoms with Crippen LogP contribution in [0.5, 0.6) is 0 Å². The molecule has 4 heterocycles. The molecule has 4 rings (SSSR count). The topological polar surface area (TPSA) is 74.8 Å². The Balaban J connectivity index is 1.53. The summed E-state index contributed by atoms with van der Waals surface area (Å²) >= 11 is 1.51. The first-order valence-electron chi connectivity index (χ1n) is 8.96. The second kappa shape index (κ2) is 7.19. The molecule has 2 unspecified atom stereocenters. The van der Waals surface area contributed by atoms with Crippen LogP contribution in [0.4, 0.5) is 4.39 Å². The maximum atomic E-state index is 15.5. The van der Waals surface area contributed by atoms with Crippen molar-refractivity contribution < 1.29 is 9.18 Å². The summed E-state index contributed by atoms with van der Waals surface area (Å²) in [5.74, 6) is -0.0472. The minimum absolute atomic E-state index is 0.0472. The van der Waals surface area contributed by atoms with Crippen LogP contribution in [0, 0.1) is 0 Å². The molecule has 1 N–H and O–H groups in total. The Labute approximate surface area is 160 Å². The normalized spacial score (nSPS) is 22.7. The molecule has 3 aromatic rings. The molecule has 1 amide bonds. The van der Waals surface area contributed by atoms with Crippen LogP contribution in [0.1, 0.15) is 42.2 Å². The highest BCUT2D eigenvalue weighted by Crippen LogP contribution is 2.40. The number of carbonyl (C=O) groups is 1. The summed E-state index contributed by atoms with van der Waals surface area (Å²) in [6, 6.07) is 5.08. The molecule has 0 aromatic carbocycles. The summed E-state index contributed by atoms with van der Waals surface area (Å²) in [6.07, 6.45) is 6.23. The predicted molar refractivity (Wildman–Crippen MR) is 101 cm³/mol. The molecule has 8 heteroatoms. The van der Waals surface area contributed by atoms with E-state index in [0.29, 0.717) is 24.2 Å². The molecule has 2 atom stereocenters. The lowest BCUT2D eigenvalue weighted by atomic mass is 9.84. The van der Waals surface area contributed by atoms with Crippen molar-refractivity contribution in [2.45, 2.75) is 37.9 Å². The van der Waals surface area contributed by atoms with Gasteiger partial charge in [-0.1, -0.05) is 6.92 Å². The van der Waals surface area contributed by atoms with Crippen LogP contribution >= 0.6 is 11.3 Å². The number of rotatable bonds is 4. The second-order valence-electron chi connectivity index (χ2n) is 6.78. The van der Waals surface area contributed by atoms with Gasteiger partial charge in [-0.05, 0) is 24.6 Å². The molecule has 1 fully saturated rings. The number of carbonyl (C=O) groups excluding carboxylic acids is 1. The van der Waals surface area contributed by atoms with E-state index in [1.807, 2.05) is 18.4 Å². The van der Waals surface area contributed by atoms with Crippen LogP contribution < -0.4 is 0 Å². The number of likely N-dealkylation sites (tertiary alicyclic amines) is 1. The van der Waals surface area contributed by atoms with Crippen molar-refractivity contribution in [3.05, 3.63) is 53.4 Å². The van der Waals surface area contributed by atoms with Gasteiger partial charge in [-0.2, -0.15) is 15.3 Å². The van der Waals surface area contributed by atoms with Crippen LogP contribution in [0.15, 0.2) is 42.2 Å². The van der Waals surface area contributed by atoms with Crippen LogP contribution in [-0.2, 0) is 5.67 Å². The molecule has 1 aliphatic heterocycles. The van der Waals surface area contributed by atoms with Crippen molar-refractivity contribution in [3.63, 3.8) is 0 Å². The highest BCUT2D eigenvalue weighted by Gasteiger charge is 2.43. The van der Waals surface area contributed by atoms with E-state index in [2.05, 4.69) is 20.4 Å². The monoisotopic (exact) mass is 385 g/mol. The molecular formula is C19H20FN5OS. The average molecular weight is 385 g/mol. The fourth-order valence-corrected chi connectivity index (χ4v) is 4.49. The third kappa shape index (κ3) is 3.37. The van der Waals surface area contributed by atoms with Crippen LogP contribution in [0.3, 0.4) is 0 Å². The minimum Gasteiger partial charge on any atom is -0.335 e. The van der Waals surface area contributed by atoms with Gasteiger partial charge in [-0.25, -0.2) is 4.39 Å². The SMILES string of the molecule is CCC1CC(F)(c2cccnn2)CCN1C(=O)c1csc(-c2cn[nH]c2)c1. The number of amides is 1. The smallest absolute Gasteiger partial charge is 0.254 e. The van der Waals surface area contributed by atoms with E-state index in [-0.39, 0.29) is 24.8 Å². The lowest BCUT2D eigenvalue weighted by Gasteiger charge is -2.42. The Morgan fingerprint density at radius 1 is 1.52 bits per heavy atom. The van der Waals surface area contributed by atoms with Crippen molar-refractivity contribution in [1.29, 1.82) is 0 Å². The zero-order chi connectivity index (χ0) is 18.9. The number of thiophene rings is 1. The molecule has 0 spiro atoms. The van der Waals surface area contributed by atoms with E-state index >= 15 is 4.39 Å². The minimum atomic E-state index is -1.54. The van der Waals surface area contributed by atoms with Crippen molar-refractivity contribution in [3.8, 4) is 10.4 Å². The van der Waals surface area contributed by atoms with Gasteiger partial charge in [0.05, 0.1) is 11.8 Å². The number of nitrogens with one attached hydrogen (secondary N) is 1. The first-order chi connectivity index (χ1) is 13.1. The van der Waals surface area contributed by atoms with Crippen molar-refractivity contribution in [1.82, 2.24) is 25.3 Å². The predicted octanol–water partition coefficient (Wildman–Crippen LogP) is 3.81. The molecule has 3 aromatic heterocycles. The molecular weight excluding hydrogens is 365 g/mol. The second-order valence-corrected chi connectivity index (χ2v) is 7.69. The Bertz CT molecular complexity index is 913. The molecule has 6 nitrogen and oxygen atoms in total. The molecule has 27 heavy (non-hydrogen) atoms. The molecule has 0 aliphatic carbocycles. The summed E-state index contributed by atoms with van der Waals surface area (Å²) < 4.78 is 15.5. The number of H-pyrrole nitrogens is 1. The van der Waals surface area contributed by atoms with E-state index in [0.717, 1.165) is 10.4 Å². The zero-order valence-corrected chi connectivity index (χ0v) is 15.7. The number of aromatic nitrogens is 4. The van der Waals surface area contributed by atoms with Crippen molar-refractivity contribution in [2.24, 2.45) is 0 Å². The van der Waals surface area contributed by atoms with Gasteiger partial charge < -0.3 is 4.90 Å². The first-order valence-corrected chi connectivity index (χ1v) is 9.84. The highest BCUT2D eigenvalue weighted by atomic mass is 32.1. The van der Waals surface area contributed by atoms with Gasteiger partial charge in [0.15, 0.2) is 5.67 Å². The fraction of sp³-hybridized carbons (Fsp3) is 0.368. The van der Waals surface area contributed by atoms with Gasteiger partial charge in [0.25, 0.3) is 5.91 Å². The summed E-state index contributed by atoms with van der Waals surface area (Å²) in [4.78, 5) is 15.8. The summed E-state index contributed by atoms with van der Waals surface area (Å²) in [7, 11) is 0. The van der Waals surface area contributed by atoms with Gasteiger partial charge in [0, 0.05) is 53.6 Å². The van der Waals surface area contributed by atoms with Gasteiger partial charge in [-0.3, -0.25) is 9.89 Å². The Morgan fingerprint density at radius 2 is 2.41 bits per heavy atom. The lowest BCUT2D eigenvalue weighted by Crippen LogP contribution is -2.50. The summed E-state index contributed by atoms with van der Waals surface area (Å²) in [6.45, 7) is 2.35. The maximum Gasteiger partial charge on any atom is 0.254 e. The van der Waals surface area contributed by atoms with E-state index in [4.69, 9.17) is 0 Å². The number of hydrogen-bond donors (Lipinski definition) is 1. The average Bonchev–Trinajstić information content (AvgIpc) is 3.39. The summed E-state index contributed by atoms with van der Waals surface area (Å²) in [5.41, 5.74) is 0.409. The van der Waals surface area contributed by atoms with Gasteiger partial charge in [-0.15, -0.1) is 11.3 Å². The van der Waals surface area contributed by atoms with Crippen LogP contribution in [0.25, 0.3) is 10.4 Å². The summed E-state index contributed by atoms with van der Waals surface area (Å²) in [5, 5.41) is 16.4. The number of nitrogens with zero attached hydrogens (tertiary/aromatic N) is 4. The third-order valence-corrected chi connectivity index (χ3v) is 6.12. The van der Waals surface area contributed by atoms with Crippen molar-refractivity contribution >= 4 is 17.2 Å². The number of hydrogen-bond acceptors (Lipinski definition) is 5. The van der Waals surface area contributed by atoms with E-state index in [1.54, 1.807) is 29.4 Å². The van der Waals surface area contributed by atoms with Gasteiger partial charge in [0.1, 0.15) is 5.69 Å². The number of piperidine rings is 1. The number of aromatic amines is 1. The Hall–Kier alpha value is -2.61. The zero-order valence-electron chi connectivity index (χ0n) is 14.9. The van der Waals surface area contributed by atoms with E-state index < -0.39 is 5.67 Å². The Kier molecular flexibility index (Phi) is 4.73. The molecule has 0 radical (unpaired) electrons. The highest BCUT2D eigenvalue weighted by molar-refractivity contribution is 7.13. The molecule has 0 saturated carbocycles. The third-order valence-electron chi connectivity index (χ3n) is 5.14. The quantitative estimate of drug-likeness (QED) is 0.741. The largest absolute Gasteiger partial charge is 0.335 e. The standard InChI is InChI=1S/C19H20FN5OS/c1-2-15-9-19(20,17-4-3-6-21-24-17)5-7-25(15)18(26)13-8-16(27-12-13)14-10-22-23-11-14/h3-4,6,8,10-12,15H,2,5,7,9H2,1H3,(H,22,23). The van der Waals surface area contributed by atoms with Crippen LogP contribution in [0.2, 0.25) is 0 Å². The molecule has 1 saturated heterocycles. The Morgan fingerprint density at radius 3 is 3.11 bits per heavy atom.